The molecule has 5 heteroatoms. The van der Waals surface area contributed by atoms with E-state index in [1.165, 1.54) is 4.09 Å². The molecule has 16 heavy (non-hydrogen) atoms. The van der Waals surface area contributed by atoms with Gasteiger partial charge in [-0.1, -0.05) is 12.1 Å². The Hall–Kier alpha value is -1.10. The number of hydrogen-bond acceptors (Lipinski definition) is 3. The molecule has 1 aliphatic heterocycles. The van der Waals surface area contributed by atoms with E-state index in [-0.39, 0.29) is 6.10 Å². The Morgan fingerprint density at radius 3 is 3.31 bits per heavy atom. The van der Waals surface area contributed by atoms with E-state index in [0.717, 1.165) is 36.3 Å². The molecule has 1 fully saturated rings. The lowest BCUT2D eigenvalue weighted by molar-refractivity contribution is 0.0285. The normalized spacial score (nSPS) is 21.4. The van der Waals surface area contributed by atoms with Crippen molar-refractivity contribution < 1.29 is 4.74 Å². The number of aromatic nitrogens is 2. The van der Waals surface area contributed by atoms with Crippen LogP contribution in [0.1, 0.15) is 11.7 Å². The topological polar surface area (TPSA) is 39.1 Å². The fourth-order valence-electron chi connectivity index (χ4n) is 2.00. The van der Waals surface area contributed by atoms with E-state index < -0.39 is 0 Å². The SMILES string of the molecule is Cln1[c]nc2c(C3CNCCO3)cccc21. The van der Waals surface area contributed by atoms with E-state index in [0.29, 0.717) is 0 Å². The highest BCUT2D eigenvalue weighted by atomic mass is 35.5. The van der Waals surface area contributed by atoms with Gasteiger partial charge in [-0.05, 0) is 6.07 Å². The predicted molar refractivity (Wildman–Crippen MR) is 61.4 cm³/mol. The highest BCUT2D eigenvalue weighted by molar-refractivity contribution is 6.18. The van der Waals surface area contributed by atoms with Crippen LogP contribution in [0.15, 0.2) is 18.2 Å². The zero-order valence-electron chi connectivity index (χ0n) is 8.61. The lowest BCUT2D eigenvalue weighted by atomic mass is 10.1. The van der Waals surface area contributed by atoms with E-state index in [2.05, 4.69) is 16.6 Å². The number of ether oxygens (including phenoxy) is 1. The third kappa shape index (κ3) is 1.59. The molecule has 0 amide bonds. The Bertz CT molecular complexity index is 505. The van der Waals surface area contributed by atoms with Crippen molar-refractivity contribution in [2.75, 3.05) is 19.7 Å². The minimum absolute atomic E-state index is 0.0532. The largest absolute Gasteiger partial charge is 0.371 e. The van der Waals surface area contributed by atoms with Gasteiger partial charge in [0.25, 0.3) is 0 Å². The lowest BCUT2D eigenvalue weighted by Gasteiger charge is -2.24. The molecule has 1 aromatic carbocycles. The van der Waals surface area contributed by atoms with Crippen molar-refractivity contribution in [3.63, 3.8) is 0 Å². The maximum atomic E-state index is 5.93. The van der Waals surface area contributed by atoms with Crippen LogP contribution in [-0.2, 0) is 4.74 Å². The second-order valence-electron chi connectivity index (χ2n) is 3.77. The van der Waals surface area contributed by atoms with Gasteiger partial charge in [-0.25, -0.2) is 9.07 Å². The fraction of sp³-hybridized carbons (Fsp3) is 0.364. The van der Waals surface area contributed by atoms with Gasteiger partial charge in [-0.3, -0.25) is 0 Å². The molecule has 1 aromatic heterocycles. The maximum absolute atomic E-state index is 5.93. The first-order chi connectivity index (χ1) is 7.86. The van der Waals surface area contributed by atoms with Crippen molar-refractivity contribution in [2.24, 2.45) is 0 Å². The molecule has 0 saturated carbocycles. The molecule has 1 N–H and O–H groups in total. The second kappa shape index (κ2) is 4.05. The van der Waals surface area contributed by atoms with Crippen molar-refractivity contribution >= 4 is 22.8 Å². The molecular formula is C11H11ClN3O. The molecule has 1 aliphatic rings. The van der Waals surface area contributed by atoms with Gasteiger partial charge in [-0.2, -0.15) is 0 Å². The smallest absolute Gasteiger partial charge is 0.193 e. The van der Waals surface area contributed by atoms with E-state index in [1.54, 1.807) is 0 Å². The summed E-state index contributed by atoms with van der Waals surface area (Å²) >= 11 is 5.93. The molecular weight excluding hydrogens is 226 g/mol. The number of imidazole rings is 1. The number of morpholine rings is 1. The Morgan fingerprint density at radius 2 is 2.50 bits per heavy atom. The molecule has 2 aromatic rings. The molecule has 1 unspecified atom stereocenters. The zero-order chi connectivity index (χ0) is 11.0. The molecule has 1 radical (unpaired) electrons. The molecule has 3 rings (SSSR count). The number of para-hydroxylation sites is 1. The van der Waals surface area contributed by atoms with Gasteiger partial charge in [0.2, 0.25) is 0 Å². The van der Waals surface area contributed by atoms with Crippen LogP contribution in [0.25, 0.3) is 11.0 Å². The number of halogens is 1. The van der Waals surface area contributed by atoms with E-state index >= 15 is 0 Å². The lowest BCUT2D eigenvalue weighted by Crippen LogP contribution is -2.33. The Kier molecular flexibility index (Phi) is 2.55. The summed E-state index contributed by atoms with van der Waals surface area (Å²) in [7, 11) is 0. The molecule has 0 bridgehead atoms. The minimum Gasteiger partial charge on any atom is -0.371 e. The second-order valence-corrected chi connectivity index (χ2v) is 4.11. The van der Waals surface area contributed by atoms with Gasteiger partial charge >= 0.3 is 0 Å². The number of nitrogens with zero attached hydrogens (tertiary/aromatic N) is 2. The third-order valence-electron chi connectivity index (χ3n) is 2.78. The maximum Gasteiger partial charge on any atom is 0.193 e. The van der Waals surface area contributed by atoms with Crippen LogP contribution in [0.4, 0.5) is 0 Å². The monoisotopic (exact) mass is 236 g/mol. The summed E-state index contributed by atoms with van der Waals surface area (Å²) in [5, 5.41) is 3.30. The van der Waals surface area contributed by atoms with Crippen LogP contribution in [0.2, 0.25) is 0 Å². The third-order valence-corrected chi connectivity index (χ3v) is 3.04. The molecule has 1 atom stereocenters. The van der Waals surface area contributed by atoms with Gasteiger partial charge in [0.15, 0.2) is 6.33 Å². The van der Waals surface area contributed by atoms with E-state index in [1.807, 2.05) is 18.2 Å². The summed E-state index contributed by atoms with van der Waals surface area (Å²) in [5.74, 6) is 0. The summed E-state index contributed by atoms with van der Waals surface area (Å²) in [6.07, 6.45) is 2.77. The van der Waals surface area contributed by atoms with Crippen LogP contribution < -0.4 is 5.32 Å². The quantitative estimate of drug-likeness (QED) is 0.816. The van der Waals surface area contributed by atoms with Crippen molar-refractivity contribution in [1.82, 2.24) is 14.4 Å². The number of hydrogen-bond donors (Lipinski definition) is 1. The number of fused-ring (bicyclic) bond motifs is 1. The first-order valence-electron chi connectivity index (χ1n) is 5.24. The predicted octanol–water partition coefficient (Wildman–Crippen LogP) is 1.50. The average Bonchev–Trinajstić information content (AvgIpc) is 2.73. The van der Waals surface area contributed by atoms with Gasteiger partial charge in [0.1, 0.15) is 0 Å². The van der Waals surface area contributed by atoms with Gasteiger partial charge < -0.3 is 10.1 Å². The van der Waals surface area contributed by atoms with E-state index in [4.69, 9.17) is 16.5 Å². The van der Waals surface area contributed by atoms with Crippen LogP contribution in [0, 0.1) is 6.33 Å². The zero-order valence-corrected chi connectivity index (χ0v) is 9.37. The summed E-state index contributed by atoms with van der Waals surface area (Å²) in [6.45, 7) is 2.45. The molecule has 0 aliphatic carbocycles. The summed E-state index contributed by atoms with van der Waals surface area (Å²) in [4.78, 5) is 4.19. The average molecular weight is 237 g/mol. The number of nitrogens with one attached hydrogen (secondary N) is 1. The van der Waals surface area contributed by atoms with Crippen LogP contribution in [-0.4, -0.2) is 28.8 Å². The Morgan fingerprint density at radius 1 is 1.56 bits per heavy atom. The molecule has 2 heterocycles. The summed E-state index contributed by atoms with van der Waals surface area (Å²) in [5.41, 5.74) is 2.81. The molecule has 83 valence electrons. The molecule has 1 saturated heterocycles. The molecule has 4 nitrogen and oxygen atoms in total. The van der Waals surface area contributed by atoms with Crippen LogP contribution in [0.3, 0.4) is 0 Å². The summed E-state index contributed by atoms with van der Waals surface area (Å²) in [6, 6.07) is 5.91. The first kappa shape index (κ1) is 10.1. The summed E-state index contributed by atoms with van der Waals surface area (Å²) < 4.78 is 7.10. The van der Waals surface area contributed by atoms with E-state index in [9.17, 15) is 0 Å². The van der Waals surface area contributed by atoms with Crippen molar-refractivity contribution in [3.05, 3.63) is 30.1 Å². The van der Waals surface area contributed by atoms with Crippen LogP contribution >= 0.6 is 11.8 Å². The standard InChI is InChI=1S/C11H11ClN3O/c12-15-7-14-11-8(2-1-3-9(11)15)10-6-13-4-5-16-10/h1-3,10,13H,4-6H2. The number of rotatable bonds is 1. The number of benzene rings is 1. The first-order valence-corrected chi connectivity index (χ1v) is 5.57. The van der Waals surface area contributed by atoms with Gasteiger partial charge in [0, 0.05) is 30.4 Å². The van der Waals surface area contributed by atoms with Crippen LogP contribution in [0.5, 0.6) is 0 Å². The van der Waals surface area contributed by atoms with Crippen molar-refractivity contribution in [3.8, 4) is 0 Å². The molecule has 0 spiro atoms. The fourth-order valence-corrected chi connectivity index (χ4v) is 2.18. The van der Waals surface area contributed by atoms with Gasteiger partial charge in [-0.15, -0.1) is 0 Å². The van der Waals surface area contributed by atoms with Gasteiger partial charge in [0.05, 0.1) is 23.7 Å². The highest BCUT2D eigenvalue weighted by Crippen LogP contribution is 2.26. The van der Waals surface area contributed by atoms with Crippen molar-refractivity contribution in [1.29, 1.82) is 0 Å². The Balaban J connectivity index is 2.08. The highest BCUT2D eigenvalue weighted by Gasteiger charge is 2.19. The minimum atomic E-state index is 0.0532. The van der Waals surface area contributed by atoms with Crippen molar-refractivity contribution in [2.45, 2.75) is 6.10 Å². The Labute approximate surface area is 98.3 Å².